The monoisotopic (exact) mass is 351 g/mol. The number of benzene rings is 1. The smallest absolute Gasteiger partial charge is 0.258 e. The molecule has 5 heteroatoms. The van der Waals surface area contributed by atoms with Crippen LogP contribution >= 0.6 is 27.3 Å². The number of amides is 1. The lowest BCUT2D eigenvalue weighted by atomic mass is 9.95. The van der Waals surface area contributed by atoms with Crippen molar-refractivity contribution in [2.24, 2.45) is 0 Å². The van der Waals surface area contributed by atoms with E-state index in [1.165, 1.54) is 16.9 Å². The first kappa shape index (κ1) is 13.6. The molecule has 0 saturated carbocycles. The fraction of sp³-hybridized carbons (Fsp3) is 0.267. The Morgan fingerprint density at radius 2 is 2.00 bits per heavy atom. The molecule has 104 valence electrons. The highest BCUT2D eigenvalue weighted by molar-refractivity contribution is 9.11. The summed E-state index contributed by atoms with van der Waals surface area (Å²) in [6.07, 6.45) is 4.34. The van der Waals surface area contributed by atoms with Gasteiger partial charge in [0.2, 0.25) is 0 Å². The topological polar surface area (TPSA) is 49.3 Å². The summed E-state index contributed by atoms with van der Waals surface area (Å²) in [6, 6.07) is 6.77. The van der Waals surface area contributed by atoms with Gasteiger partial charge >= 0.3 is 0 Å². The van der Waals surface area contributed by atoms with Crippen molar-refractivity contribution in [1.29, 1.82) is 0 Å². The number of anilines is 1. The maximum Gasteiger partial charge on any atom is 0.258 e. The van der Waals surface area contributed by atoms with Crippen molar-refractivity contribution in [2.75, 3.05) is 5.32 Å². The Morgan fingerprint density at radius 3 is 2.80 bits per heavy atom. The molecule has 1 heterocycles. The summed E-state index contributed by atoms with van der Waals surface area (Å²) < 4.78 is 0.886. The van der Waals surface area contributed by atoms with Crippen molar-refractivity contribution in [3.05, 3.63) is 44.1 Å². The van der Waals surface area contributed by atoms with Crippen molar-refractivity contribution < 1.29 is 9.90 Å². The molecule has 0 spiro atoms. The zero-order valence-corrected chi connectivity index (χ0v) is 13.2. The maximum atomic E-state index is 12.5. The first-order valence-corrected chi connectivity index (χ1v) is 8.17. The predicted octanol–water partition coefficient (Wildman–Crippen LogP) is 4.35. The van der Waals surface area contributed by atoms with Crippen LogP contribution in [0.25, 0.3) is 0 Å². The third-order valence-electron chi connectivity index (χ3n) is 3.51. The second kappa shape index (κ2) is 5.58. The molecule has 1 aliphatic carbocycles. The van der Waals surface area contributed by atoms with Crippen LogP contribution in [0.4, 0.5) is 5.69 Å². The molecule has 0 unspecified atom stereocenters. The molecule has 3 nitrogen and oxygen atoms in total. The van der Waals surface area contributed by atoms with Gasteiger partial charge in [-0.1, -0.05) is 12.1 Å². The molecule has 20 heavy (non-hydrogen) atoms. The molecule has 0 radical (unpaired) electrons. The zero-order valence-electron chi connectivity index (χ0n) is 10.8. The van der Waals surface area contributed by atoms with E-state index in [2.05, 4.69) is 21.2 Å². The number of carbonyl (C=O) groups excluding carboxylic acids is 1. The minimum absolute atomic E-state index is 0.0843. The highest BCUT2D eigenvalue weighted by Crippen LogP contribution is 2.38. The number of carbonyl (C=O) groups is 1. The maximum absolute atomic E-state index is 12.5. The molecule has 0 saturated heterocycles. The Balaban J connectivity index is 1.92. The zero-order chi connectivity index (χ0) is 14.1. The fourth-order valence-corrected chi connectivity index (χ4v) is 4.64. The second-order valence-electron chi connectivity index (χ2n) is 4.83. The van der Waals surface area contributed by atoms with Crippen molar-refractivity contribution in [3.8, 4) is 5.75 Å². The van der Waals surface area contributed by atoms with Crippen molar-refractivity contribution in [1.82, 2.24) is 0 Å². The minimum atomic E-state index is -0.155. The normalized spacial score (nSPS) is 13.8. The summed E-state index contributed by atoms with van der Waals surface area (Å²) in [5, 5.41) is 12.5. The number of rotatable bonds is 2. The van der Waals surface area contributed by atoms with Crippen LogP contribution in [-0.2, 0) is 12.8 Å². The third-order valence-corrected chi connectivity index (χ3v) is 5.47. The molecule has 2 aromatic rings. The van der Waals surface area contributed by atoms with Gasteiger partial charge < -0.3 is 10.4 Å². The number of aromatic hydroxyl groups is 1. The van der Waals surface area contributed by atoms with E-state index in [0.29, 0.717) is 5.69 Å². The summed E-state index contributed by atoms with van der Waals surface area (Å²) in [7, 11) is 0. The number of phenolic OH excluding ortho intramolecular Hbond substituents is 1. The summed E-state index contributed by atoms with van der Waals surface area (Å²) in [5.41, 5.74) is 2.34. The summed E-state index contributed by atoms with van der Waals surface area (Å²) in [4.78, 5) is 13.8. The van der Waals surface area contributed by atoms with Crippen LogP contribution in [0.3, 0.4) is 0 Å². The van der Waals surface area contributed by atoms with Crippen molar-refractivity contribution in [2.45, 2.75) is 25.7 Å². The number of phenols is 1. The number of hydrogen-bond acceptors (Lipinski definition) is 3. The third kappa shape index (κ3) is 2.47. The lowest BCUT2D eigenvalue weighted by Crippen LogP contribution is -2.15. The average Bonchev–Trinajstić information content (AvgIpc) is 2.77. The quantitative estimate of drug-likeness (QED) is 0.790. The molecule has 1 aromatic heterocycles. The lowest BCUT2D eigenvalue weighted by molar-refractivity contribution is 0.102. The molecule has 1 aromatic carbocycles. The molecule has 0 fully saturated rings. The van der Waals surface area contributed by atoms with Gasteiger partial charge in [0.15, 0.2) is 0 Å². The van der Waals surface area contributed by atoms with E-state index in [1.54, 1.807) is 35.6 Å². The van der Waals surface area contributed by atoms with Crippen molar-refractivity contribution >= 4 is 38.9 Å². The number of aryl methyl sites for hydroxylation is 1. The first-order valence-electron chi connectivity index (χ1n) is 6.56. The number of halogens is 1. The van der Waals surface area contributed by atoms with Gasteiger partial charge in [-0.25, -0.2) is 0 Å². The van der Waals surface area contributed by atoms with Gasteiger partial charge in [0, 0.05) is 4.88 Å². The number of hydrogen-bond donors (Lipinski definition) is 2. The SMILES string of the molecule is O=C(Nc1ccccc1O)c1c(Br)sc2c1CCCC2. The molecule has 0 atom stereocenters. The summed E-state index contributed by atoms with van der Waals surface area (Å²) in [6.45, 7) is 0. The van der Waals surface area contributed by atoms with E-state index in [4.69, 9.17) is 0 Å². The first-order chi connectivity index (χ1) is 9.66. The minimum Gasteiger partial charge on any atom is -0.506 e. The Bertz CT molecular complexity index is 666. The van der Waals surface area contributed by atoms with E-state index < -0.39 is 0 Å². The van der Waals surface area contributed by atoms with Crippen LogP contribution < -0.4 is 5.32 Å². The van der Waals surface area contributed by atoms with Gasteiger partial charge in [0.1, 0.15) is 5.75 Å². The Morgan fingerprint density at radius 1 is 1.25 bits per heavy atom. The van der Waals surface area contributed by atoms with Crippen LogP contribution in [0.2, 0.25) is 0 Å². The van der Waals surface area contributed by atoms with E-state index >= 15 is 0 Å². The Hall–Kier alpha value is -1.33. The van der Waals surface area contributed by atoms with Crippen LogP contribution in [0, 0.1) is 0 Å². The number of thiophene rings is 1. The summed E-state index contributed by atoms with van der Waals surface area (Å²) >= 11 is 5.16. The molecular formula is C15H14BrNO2S. The van der Waals surface area contributed by atoms with Crippen LogP contribution in [0.5, 0.6) is 5.75 Å². The largest absolute Gasteiger partial charge is 0.506 e. The number of para-hydroxylation sites is 2. The van der Waals surface area contributed by atoms with E-state index in [9.17, 15) is 9.90 Å². The molecular weight excluding hydrogens is 338 g/mol. The number of nitrogens with one attached hydrogen (secondary N) is 1. The van der Waals surface area contributed by atoms with Gasteiger partial charge in [-0.2, -0.15) is 0 Å². The van der Waals surface area contributed by atoms with E-state index in [1.807, 2.05) is 0 Å². The molecule has 0 bridgehead atoms. The van der Waals surface area contributed by atoms with Gasteiger partial charge in [-0.3, -0.25) is 4.79 Å². The Kier molecular flexibility index (Phi) is 3.81. The molecule has 3 rings (SSSR count). The fourth-order valence-electron chi connectivity index (χ4n) is 2.52. The van der Waals surface area contributed by atoms with Crippen molar-refractivity contribution in [3.63, 3.8) is 0 Å². The van der Waals surface area contributed by atoms with Gasteiger partial charge in [0.05, 0.1) is 15.0 Å². The van der Waals surface area contributed by atoms with E-state index in [-0.39, 0.29) is 11.7 Å². The van der Waals surface area contributed by atoms with Crippen LogP contribution in [-0.4, -0.2) is 11.0 Å². The van der Waals surface area contributed by atoms with Gasteiger partial charge in [-0.15, -0.1) is 11.3 Å². The van der Waals surface area contributed by atoms with Gasteiger partial charge in [-0.05, 0) is 59.3 Å². The predicted molar refractivity (Wildman–Crippen MR) is 84.7 cm³/mol. The molecule has 1 amide bonds. The highest BCUT2D eigenvalue weighted by atomic mass is 79.9. The molecule has 1 aliphatic rings. The van der Waals surface area contributed by atoms with E-state index in [0.717, 1.165) is 28.6 Å². The number of fused-ring (bicyclic) bond motifs is 1. The lowest BCUT2D eigenvalue weighted by Gasteiger charge is -2.13. The highest BCUT2D eigenvalue weighted by Gasteiger charge is 2.24. The van der Waals surface area contributed by atoms with Crippen LogP contribution in [0.15, 0.2) is 28.1 Å². The summed E-state index contributed by atoms with van der Waals surface area (Å²) in [5.74, 6) is -0.0705. The molecule has 0 aliphatic heterocycles. The second-order valence-corrected chi connectivity index (χ2v) is 7.25. The average molecular weight is 352 g/mol. The Labute approximate surface area is 129 Å². The standard InChI is InChI=1S/C15H14BrNO2S/c16-14-13(9-5-1-4-8-12(9)20-14)15(19)17-10-6-2-3-7-11(10)18/h2-3,6-7,18H,1,4-5,8H2,(H,17,19). The molecule has 2 N–H and O–H groups in total. The van der Waals surface area contributed by atoms with Crippen LogP contribution in [0.1, 0.15) is 33.6 Å². The van der Waals surface area contributed by atoms with Gasteiger partial charge in [0.25, 0.3) is 5.91 Å².